The molecule has 112 valence electrons. The summed E-state index contributed by atoms with van der Waals surface area (Å²) in [6.45, 7) is 7.50. The van der Waals surface area contributed by atoms with Crippen LogP contribution < -0.4 is 16.2 Å². The molecule has 0 atom stereocenters. The van der Waals surface area contributed by atoms with E-state index in [1.807, 2.05) is 30.3 Å². The normalized spacial score (nSPS) is 11.3. The van der Waals surface area contributed by atoms with E-state index in [-0.39, 0.29) is 5.56 Å². The SMILES string of the molecule is [C-]#[N+]c1ccc2[n-]c(=N[CH]=[W])n(Cc3ccccc3)c(=O)c2c1. The number of benzene rings is 2. The van der Waals surface area contributed by atoms with E-state index in [0.29, 0.717) is 28.8 Å². The molecule has 1 aromatic heterocycles. The van der Waals surface area contributed by atoms with Gasteiger partial charge < -0.3 is 0 Å². The van der Waals surface area contributed by atoms with Crippen molar-refractivity contribution in [2.45, 2.75) is 6.54 Å². The molecule has 0 aliphatic rings. The van der Waals surface area contributed by atoms with Crippen LogP contribution >= 0.6 is 0 Å². The van der Waals surface area contributed by atoms with Gasteiger partial charge in [0.2, 0.25) is 0 Å². The number of hydrogen-bond acceptors (Lipinski definition) is 2. The molecule has 0 spiro atoms. The summed E-state index contributed by atoms with van der Waals surface area (Å²) in [5, 5.41) is 0.442. The summed E-state index contributed by atoms with van der Waals surface area (Å²) in [5.74, 6) is 0. The zero-order valence-electron chi connectivity index (χ0n) is 12.0. The Balaban J connectivity index is 2.30. The zero-order valence-corrected chi connectivity index (χ0v) is 14.9. The molecular weight excluding hydrogens is 460 g/mol. The second-order valence-electron chi connectivity index (χ2n) is 4.84. The Labute approximate surface area is 143 Å². The molecule has 23 heavy (non-hydrogen) atoms. The van der Waals surface area contributed by atoms with Crippen LogP contribution in [0, 0.1) is 6.57 Å². The third-order valence-corrected chi connectivity index (χ3v) is 3.78. The van der Waals surface area contributed by atoms with E-state index < -0.39 is 0 Å². The zero-order chi connectivity index (χ0) is 16.2. The average molecular weight is 471 g/mol. The molecule has 0 saturated heterocycles. The van der Waals surface area contributed by atoms with Gasteiger partial charge in [0.25, 0.3) is 0 Å². The summed E-state index contributed by atoms with van der Waals surface area (Å²) in [4.78, 5) is 25.0. The van der Waals surface area contributed by atoms with Gasteiger partial charge in [-0.15, -0.1) is 0 Å². The summed E-state index contributed by atoms with van der Waals surface area (Å²) < 4.78 is 3.24. The molecule has 0 aliphatic heterocycles. The van der Waals surface area contributed by atoms with Crippen LogP contribution in [0.1, 0.15) is 5.56 Å². The van der Waals surface area contributed by atoms with E-state index in [4.69, 9.17) is 6.57 Å². The van der Waals surface area contributed by atoms with Gasteiger partial charge in [0, 0.05) is 0 Å². The van der Waals surface area contributed by atoms with E-state index in [2.05, 4.69) is 14.8 Å². The van der Waals surface area contributed by atoms with Gasteiger partial charge in [-0.1, -0.05) is 0 Å². The molecule has 6 heteroatoms. The van der Waals surface area contributed by atoms with Crippen molar-refractivity contribution in [3.8, 4) is 0 Å². The Bertz CT molecular complexity index is 1040. The van der Waals surface area contributed by atoms with E-state index in [0.717, 1.165) is 5.56 Å². The Morgan fingerprint density at radius 2 is 2.04 bits per heavy atom. The number of hydrogen-bond donors (Lipinski definition) is 0. The van der Waals surface area contributed by atoms with Crippen molar-refractivity contribution in [1.82, 2.24) is 9.55 Å². The maximum atomic E-state index is 12.8. The van der Waals surface area contributed by atoms with Crippen molar-refractivity contribution in [3.05, 3.63) is 81.5 Å². The minimum absolute atomic E-state index is 0.181. The van der Waals surface area contributed by atoms with Crippen LogP contribution in [0.2, 0.25) is 0 Å². The van der Waals surface area contributed by atoms with E-state index in [1.54, 1.807) is 27.3 Å². The van der Waals surface area contributed by atoms with Crippen molar-refractivity contribution in [2.75, 3.05) is 0 Å². The molecule has 2 aromatic carbocycles. The van der Waals surface area contributed by atoms with Gasteiger partial charge in [0.1, 0.15) is 0 Å². The molecular formula is C17H11N4OW-. The van der Waals surface area contributed by atoms with E-state index in [9.17, 15) is 4.79 Å². The molecule has 0 radical (unpaired) electrons. The fourth-order valence-corrected chi connectivity index (χ4v) is 2.66. The third-order valence-electron chi connectivity index (χ3n) is 3.40. The Hall–Kier alpha value is -2.57. The van der Waals surface area contributed by atoms with Gasteiger partial charge in [-0.3, -0.25) is 0 Å². The van der Waals surface area contributed by atoms with E-state index in [1.165, 1.54) is 19.4 Å². The Morgan fingerprint density at radius 3 is 2.74 bits per heavy atom. The van der Waals surface area contributed by atoms with Crippen LogP contribution in [0.15, 0.2) is 58.3 Å². The summed E-state index contributed by atoms with van der Waals surface area (Å²) in [5.41, 5.74) is 2.19. The number of nitrogens with zero attached hydrogens (tertiary/aromatic N) is 4. The predicted octanol–water partition coefficient (Wildman–Crippen LogP) is 1.76. The summed E-state index contributed by atoms with van der Waals surface area (Å²) in [6.07, 6.45) is 0. The van der Waals surface area contributed by atoms with Gasteiger partial charge in [0.05, 0.1) is 0 Å². The van der Waals surface area contributed by atoms with Crippen LogP contribution in [0.3, 0.4) is 0 Å². The standard InChI is InChI=1S/C17H12N4O.W/c1-18-13-8-9-15-14(10-13)16(22)21(17(19-2)20-15)11-12-6-4-3-5-7-12;/h2-10H,11H2,(H,20,22);/p-1. The Morgan fingerprint density at radius 1 is 1.26 bits per heavy atom. The predicted molar refractivity (Wildman–Crippen MR) is 85.0 cm³/mol. The molecule has 0 fully saturated rings. The molecule has 0 bridgehead atoms. The van der Waals surface area contributed by atoms with Crippen LogP contribution in [-0.4, -0.2) is 9.09 Å². The Kier molecular flexibility index (Phi) is 4.45. The summed E-state index contributed by atoms with van der Waals surface area (Å²) in [7, 11) is 0. The minimum atomic E-state index is -0.181. The first-order chi connectivity index (χ1) is 11.2. The third kappa shape index (κ3) is 3.13. The van der Waals surface area contributed by atoms with Crippen LogP contribution in [-0.2, 0) is 25.9 Å². The molecule has 0 saturated carbocycles. The topological polar surface area (TPSA) is 52.8 Å². The summed E-state index contributed by atoms with van der Waals surface area (Å²) >= 11 is 1.18. The van der Waals surface area contributed by atoms with Crippen molar-refractivity contribution in [1.29, 1.82) is 0 Å². The molecule has 5 nitrogen and oxygen atoms in total. The van der Waals surface area contributed by atoms with Crippen molar-refractivity contribution in [2.24, 2.45) is 4.99 Å². The molecule has 0 unspecified atom stereocenters. The number of fused-ring (bicyclic) bond motifs is 1. The first kappa shape index (κ1) is 15.3. The quantitative estimate of drug-likeness (QED) is 0.548. The maximum absolute atomic E-state index is 12.8. The van der Waals surface area contributed by atoms with E-state index >= 15 is 0 Å². The first-order valence-corrected chi connectivity index (χ1v) is 8.53. The van der Waals surface area contributed by atoms with Crippen molar-refractivity contribution >= 4 is 21.1 Å². The average Bonchev–Trinajstić information content (AvgIpc) is 2.59. The van der Waals surface area contributed by atoms with Gasteiger partial charge in [0.15, 0.2) is 0 Å². The molecule has 3 aromatic rings. The monoisotopic (exact) mass is 471 g/mol. The molecule has 0 N–H and O–H groups in total. The van der Waals surface area contributed by atoms with Gasteiger partial charge in [-0.2, -0.15) is 0 Å². The van der Waals surface area contributed by atoms with Gasteiger partial charge in [-0.05, 0) is 0 Å². The molecule has 0 aliphatic carbocycles. The first-order valence-electron chi connectivity index (χ1n) is 6.83. The fraction of sp³-hybridized carbons (Fsp3) is 0.0588. The van der Waals surface area contributed by atoms with Crippen molar-refractivity contribution in [3.63, 3.8) is 0 Å². The second kappa shape index (κ2) is 6.68. The van der Waals surface area contributed by atoms with Crippen LogP contribution in [0.25, 0.3) is 15.7 Å². The van der Waals surface area contributed by atoms with Crippen LogP contribution in [0.4, 0.5) is 5.69 Å². The number of aromatic nitrogens is 2. The molecule has 0 amide bonds. The fourth-order valence-electron chi connectivity index (χ4n) is 2.32. The molecule has 1 heterocycles. The molecule has 3 rings (SSSR count). The van der Waals surface area contributed by atoms with Crippen LogP contribution in [0.5, 0.6) is 0 Å². The summed E-state index contributed by atoms with van der Waals surface area (Å²) in [6, 6.07) is 14.6. The van der Waals surface area contributed by atoms with Gasteiger partial charge in [-0.25, -0.2) is 0 Å². The second-order valence-corrected chi connectivity index (χ2v) is 5.59. The van der Waals surface area contributed by atoms with Crippen molar-refractivity contribution < 1.29 is 19.4 Å². The van der Waals surface area contributed by atoms with Gasteiger partial charge >= 0.3 is 143 Å². The number of rotatable bonds is 3.